The van der Waals surface area contributed by atoms with Gasteiger partial charge in [-0.25, -0.2) is 0 Å². The minimum atomic E-state index is -0.272. The van der Waals surface area contributed by atoms with Crippen LogP contribution in [-0.4, -0.2) is 21.3 Å². The van der Waals surface area contributed by atoms with Crippen LogP contribution in [-0.2, 0) is 6.54 Å². The minimum Gasteiger partial charge on any atom is -0.460 e. The normalized spacial score (nSPS) is 10.9. The van der Waals surface area contributed by atoms with Gasteiger partial charge < -0.3 is 14.3 Å². The Labute approximate surface area is 126 Å². The van der Waals surface area contributed by atoms with Crippen molar-refractivity contribution in [3.8, 4) is 11.5 Å². The third kappa shape index (κ3) is 2.65. The lowest BCUT2D eigenvalue weighted by atomic mass is 10.2. The Morgan fingerprint density at radius 1 is 1.32 bits per heavy atom. The second-order valence-electron chi connectivity index (χ2n) is 5.06. The van der Waals surface area contributed by atoms with Gasteiger partial charge >= 0.3 is 0 Å². The predicted molar refractivity (Wildman–Crippen MR) is 78.2 cm³/mol. The van der Waals surface area contributed by atoms with Gasteiger partial charge in [-0.15, -0.1) is 0 Å². The first-order chi connectivity index (χ1) is 10.5. The summed E-state index contributed by atoms with van der Waals surface area (Å²) >= 11 is 0. The van der Waals surface area contributed by atoms with Gasteiger partial charge in [0.15, 0.2) is 11.5 Å². The minimum absolute atomic E-state index is 0.272. The lowest BCUT2D eigenvalue weighted by molar-refractivity contribution is 0.0946. The molecule has 0 fully saturated rings. The topological polar surface area (TPSA) is 97.0 Å². The number of nitrogens with zero attached hydrogens (tertiary/aromatic N) is 2. The maximum Gasteiger partial charge on any atom is 0.272 e. The molecule has 3 rings (SSSR count). The molecule has 0 spiro atoms. The van der Waals surface area contributed by atoms with Crippen molar-refractivity contribution in [2.24, 2.45) is 0 Å². The maximum absolute atomic E-state index is 12.1. The van der Waals surface area contributed by atoms with E-state index in [0.717, 1.165) is 17.0 Å². The highest BCUT2D eigenvalue weighted by atomic mass is 16.5. The first-order valence-corrected chi connectivity index (χ1v) is 6.87. The number of hydrogen-bond donors (Lipinski definition) is 2. The molecule has 0 bridgehead atoms. The third-order valence-electron chi connectivity index (χ3n) is 3.42. The van der Waals surface area contributed by atoms with Crippen molar-refractivity contribution in [2.45, 2.75) is 27.3 Å². The molecular weight excluding hydrogens is 284 g/mol. The molecule has 3 aromatic heterocycles. The number of hydrogen-bond acceptors (Lipinski definition) is 5. The molecule has 0 unspecified atom stereocenters. The highest BCUT2D eigenvalue weighted by molar-refractivity contribution is 5.93. The van der Waals surface area contributed by atoms with Crippen molar-refractivity contribution in [3.63, 3.8) is 0 Å². The molecule has 1 amide bonds. The van der Waals surface area contributed by atoms with Crippen LogP contribution in [0, 0.1) is 20.8 Å². The van der Waals surface area contributed by atoms with Gasteiger partial charge in [0.05, 0.1) is 5.69 Å². The average Bonchev–Trinajstić information content (AvgIpc) is 3.19. The number of carbonyl (C=O) groups is 1. The van der Waals surface area contributed by atoms with Crippen molar-refractivity contribution in [3.05, 3.63) is 46.7 Å². The van der Waals surface area contributed by atoms with Crippen LogP contribution in [0.15, 0.2) is 27.1 Å². The lowest BCUT2D eigenvalue weighted by Gasteiger charge is -2.01. The summed E-state index contributed by atoms with van der Waals surface area (Å²) < 4.78 is 10.6. The van der Waals surface area contributed by atoms with Gasteiger partial charge in [-0.2, -0.15) is 5.10 Å². The van der Waals surface area contributed by atoms with Gasteiger partial charge in [-0.05, 0) is 32.9 Å². The second-order valence-corrected chi connectivity index (χ2v) is 5.06. The van der Waals surface area contributed by atoms with Crippen LogP contribution in [0.3, 0.4) is 0 Å². The zero-order chi connectivity index (χ0) is 15.7. The Morgan fingerprint density at radius 2 is 2.14 bits per heavy atom. The molecule has 0 saturated carbocycles. The fraction of sp³-hybridized carbons (Fsp3) is 0.267. The Balaban J connectivity index is 1.69. The number of rotatable bonds is 4. The standard InChI is InChI=1S/C15H16N4O3/c1-8-4-5-14(21-8)12-6-13(18-17-12)15(20)16-7-11-9(2)19-22-10(11)3/h4-6H,7H2,1-3H3,(H,16,20)(H,17,18). The molecule has 0 aliphatic carbocycles. The van der Waals surface area contributed by atoms with Crippen LogP contribution in [0.4, 0.5) is 0 Å². The van der Waals surface area contributed by atoms with E-state index >= 15 is 0 Å². The lowest BCUT2D eigenvalue weighted by Crippen LogP contribution is -2.23. The molecule has 114 valence electrons. The van der Waals surface area contributed by atoms with Gasteiger partial charge in [0.25, 0.3) is 5.91 Å². The number of nitrogens with one attached hydrogen (secondary N) is 2. The molecule has 3 aromatic rings. The van der Waals surface area contributed by atoms with Crippen molar-refractivity contribution in [2.75, 3.05) is 0 Å². The van der Waals surface area contributed by atoms with Crippen LogP contribution in [0.25, 0.3) is 11.5 Å². The first-order valence-electron chi connectivity index (χ1n) is 6.87. The maximum atomic E-state index is 12.1. The smallest absolute Gasteiger partial charge is 0.272 e. The van der Waals surface area contributed by atoms with E-state index in [1.807, 2.05) is 32.9 Å². The summed E-state index contributed by atoms with van der Waals surface area (Å²) in [7, 11) is 0. The van der Waals surface area contributed by atoms with Crippen molar-refractivity contribution >= 4 is 5.91 Å². The predicted octanol–water partition coefficient (Wildman–Crippen LogP) is 2.51. The first kappa shape index (κ1) is 14.1. The van der Waals surface area contributed by atoms with E-state index in [4.69, 9.17) is 8.94 Å². The van der Waals surface area contributed by atoms with Crippen molar-refractivity contribution in [1.29, 1.82) is 0 Å². The Kier molecular flexibility index (Phi) is 3.54. The van der Waals surface area contributed by atoms with Crippen molar-refractivity contribution < 1.29 is 13.7 Å². The molecule has 0 aliphatic rings. The average molecular weight is 300 g/mol. The van der Waals surface area contributed by atoms with Gasteiger partial charge in [0, 0.05) is 18.2 Å². The fourth-order valence-electron chi connectivity index (χ4n) is 2.16. The van der Waals surface area contributed by atoms with Crippen LogP contribution < -0.4 is 5.32 Å². The molecule has 0 radical (unpaired) electrons. The highest BCUT2D eigenvalue weighted by Crippen LogP contribution is 2.20. The molecular formula is C15H16N4O3. The van der Waals surface area contributed by atoms with Crippen LogP contribution in [0.5, 0.6) is 0 Å². The largest absolute Gasteiger partial charge is 0.460 e. The van der Waals surface area contributed by atoms with E-state index < -0.39 is 0 Å². The molecule has 0 aliphatic heterocycles. The van der Waals surface area contributed by atoms with E-state index in [1.54, 1.807) is 6.07 Å². The summed E-state index contributed by atoms with van der Waals surface area (Å²) in [5.41, 5.74) is 2.61. The number of aryl methyl sites for hydroxylation is 3. The Bertz CT molecular complexity index is 793. The van der Waals surface area contributed by atoms with E-state index in [2.05, 4.69) is 20.7 Å². The summed E-state index contributed by atoms with van der Waals surface area (Å²) in [5.74, 6) is 1.88. The van der Waals surface area contributed by atoms with E-state index in [0.29, 0.717) is 29.5 Å². The van der Waals surface area contributed by atoms with Gasteiger partial charge in [-0.1, -0.05) is 5.16 Å². The number of H-pyrrole nitrogens is 1. The number of aromatic nitrogens is 3. The summed E-state index contributed by atoms with van der Waals surface area (Å²) in [6.07, 6.45) is 0. The van der Waals surface area contributed by atoms with Crippen LogP contribution in [0.1, 0.15) is 33.3 Å². The second kappa shape index (κ2) is 5.51. The van der Waals surface area contributed by atoms with E-state index in [9.17, 15) is 4.79 Å². The zero-order valence-electron chi connectivity index (χ0n) is 12.6. The Morgan fingerprint density at radius 3 is 2.77 bits per heavy atom. The van der Waals surface area contributed by atoms with Crippen LogP contribution >= 0.6 is 0 Å². The summed E-state index contributed by atoms with van der Waals surface area (Å²) in [4.78, 5) is 12.1. The SMILES string of the molecule is Cc1ccc(-c2cc(C(=O)NCc3c(C)noc3C)n[nH]2)o1. The Hall–Kier alpha value is -2.83. The zero-order valence-corrected chi connectivity index (χ0v) is 12.6. The molecule has 0 saturated heterocycles. The van der Waals surface area contributed by atoms with Crippen molar-refractivity contribution in [1.82, 2.24) is 20.7 Å². The number of aromatic amines is 1. The van der Waals surface area contributed by atoms with Gasteiger partial charge in [0.2, 0.25) is 0 Å². The molecule has 0 atom stereocenters. The summed E-state index contributed by atoms with van der Waals surface area (Å²) in [5, 5.41) is 13.5. The highest BCUT2D eigenvalue weighted by Gasteiger charge is 2.15. The quantitative estimate of drug-likeness (QED) is 0.771. The fourth-order valence-corrected chi connectivity index (χ4v) is 2.16. The van der Waals surface area contributed by atoms with E-state index in [1.165, 1.54) is 0 Å². The molecule has 7 nitrogen and oxygen atoms in total. The summed E-state index contributed by atoms with van der Waals surface area (Å²) in [6, 6.07) is 5.34. The molecule has 22 heavy (non-hydrogen) atoms. The molecule has 0 aromatic carbocycles. The molecule has 2 N–H and O–H groups in total. The number of carbonyl (C=O) groups excluding carboxylic acids is 1. The van der Waals surface area contributed by atoms with E-state index in [-0.39, 0.29) is 5.91 Å². The number of amides is 1. The van der Waals surface area contributed by atoms with Gasteiger partial charge in [-0.3, -0.25) is 9.89 Å². The van der Waals surface area contributed by atoms with Gasteiger partial charge in [0.1, 0.15) is 17.2 Å². The number of furan rings is 1. The third-order valence-corrected chi connectivity index (χ3v) is 3.42. The molecule has 3 heterocycles. The summed E-state index contributed by atoms with van der Waals surface area (Å²) in [6.45, 7) is 5.86. The van der Waals surface area contributed by atoms with Crippen LogP contribution in [0.2, 0.25) is 0 Å². The molecule has 7 heteroatoms. The monoisotopic (exact) mass is 300 g/mol.